The van der Waals surface area contributed by atoms with Gasteiger partial charge in [-0.25, -0.2) is 4.68 Å². The number of piperazine rings is 1. The molecule has 0 radical (unpaired) electrons. The van der Waals surface area contributed by atoms with Gasteiger partial charge in [-0.1, -0.05) is 48.0 Å². The van der Waals surface area contributed by atoms with Gasteiger partial charge in [0.05, 0.1) is 23.1 Å². The van der Waals surface area contributed by atoms with Crippen LogP contribution < -0.4 is 0 Å². The van der Waals surface area contributed by atoms with E-state index in [0.717, 1.165) is 49.7 Å². The van der Waals surface area contributed by atoms with Gasteiger partial charge in [0.15, 0.2) is 0 Å². The second kappa shape index (κ2) is 8.21. The number of aryl methyl sites for hydroxylation is 2. The van der Waals surface area contributed by atoms with E-state index < -0.39 is 0 Å². The van der Waals surface area contributed by atoms with Crippen molar-refractivity contribution in [3.05, 3.63) is 82.7 Å². The Morgan fingerprint density at radius 3 is 2.45 bits per heavy atom. The van der Waals surface area contributed by atoms with Crippen molar-refractivity contribution >= 4 is 5.91 Å². The highest BCUT2D eigenvalue weighted by atomic mass is 16.2. The maximum atomic E-state index is 13.1. The van der Waals surface area contributed by atoms with E-state index in [2.05, 4.69) is 54.2 Å². The molecule has 0 bridgehead atoms. The van der Waals surface area contributed by atoms with Crippen LogP contribution in [-0.2, 0) is 6.54 Å². The van der Waals surface area contributed by atoms with Gasteiger partial charge in [-0.05, 0) is 38.0 Å². The van der Waals surface area contributed by atoms with Gasteiger partial charge in [0.2, 0.25) is 0 Å². The predicted molar refractivity (Wildman–Crippen MR) is 115 cm³/mol. The Bertz CT molecular complexity index is 1020. The Morgan fingerprint density at radius 1 is 0.966 bits per heavy atom. The number of para-hydroxylation sites is 1. The first-order chi connectivity index (χ1) is 14.0. The van der Waals surface area contributed by atoms with Crippen LogP contribution in [0.4, 0.5) is 0 Å². The summed E-state index contributed by atoms with van der Waals surface area (Å²) in [5, 5.41) is 4.50. The average Bonchev–Trinajstić information content (AvgIpc) is 3.09. The summed E-state index contributed by atoms with van der Waals surface area (Å²) >= 11 is 0. The van der Waals surface area contributed by atoms with Gasteiger partial charge in [-0.2, -0.15) is 5.10 Å². The lowest BCUT2D eigenvalue weighted by Gasteiger charge is -2.34. The van der Waals surface area contributed by atoms with Crippen LogP contribution in [0, 0.1) is 20.8 Å². The minimum atomic E-state index is 0.0811. The van der Waals surface area contributed by atoms with Crippen molar-refractivity contribution in [2.45, 2.75) is 27.3 Å². The van der Waals surface area contributed by atoms with Crippen molar-refractivity contribution in [3.63, 3.8) is 0 Å². The number of amides is 1. The molecule has 0 unspecified atom stereocenters. The van der Waals surface area contributed by atoms with Crippen molar-refractivity contribution < 1.29 is 4.79 Å². The smallest absolute Gasteiger partial charge is 0.257 e. The molecular weight excluding hydrogens is 360 g/mol. The minimum absolute atomic E-state index is 0.0811. The number of carbonyl (C=O) groups excluding carboxylic acids is 1. The molecule has 0 saturated carbocycles. The third kappa shape index (κ3) is 4.10. The summed E-state index contributed by atoms with van der Waals surface area (Å²) in [6.45, 7) is 10.4. The highest BCUT2D eigenvalue weighted by Crippen LogP contribution is 2.19. The van der Waals surface area contributed by atoms with E-state index in [0.29, 0.717) is 5.56 Å². The zero-order chi connectivity index (χ0) is 20.4. The highest BCUT2D eigenvalue weighted by molar-refractivity contribution is 5.95. The van der Waals surface area contributed by atoms with Crippen LogP contribution >= 0.6 is 0 Å². The molecule has 4 rings (SSSR count). The monoisotopic (exact) mass is 388 g/mol. The maximum Gasteiger partial charge on any atom is 0.257 e. The molecule has 2 heterocycles. The number of rotatable bonds is 4. The van der Waals surface area contributed by atoms with Crippen molar-refractivity contribution in [2.24, 2.45) is 0 Å². The molecule has 1 aliphatic rings. The van der Waals surface area contributed by atoms with Crippen LogP contribution in [0.1, 0.15) is 32.7 Å². The van der Waals surface area contributed by atoms with Gasteiger partial charge in [-0.3, -0.25) is 9.69 Å². The van der Waals surface area contributed by atoms with E-state index in [-0.39, 0.29) is 5.91 Å². The van der Waals surface area contributed by atoms with Gasteiger partial charge in [0.25, 0.3) is 5.91 Å². The standard InChI is InChI=1S/C24H28N4O/c1-18-7-6-9-21(15-18)17-26-11-13-27(14-12-26)24(29)22-16-25-28(20(22)3)23-10-5-4-8-19(23)2/h4-10,15-16H,11-14,17H2,1-3H3. The molecule has 0 aliphatic carbocycles. The molecule has 3 aromatic rings. The minimum Gasteiger partial charge on any atom is -0.336 e. The molecule has 1 aliphatic heterocycles. The van der Waals surface area contributed by atoms with Crippen LogP contribution in [-0.4, -0.2) is 51.7 Å². The third-order valence-corrected chi connectivity index (χ3v) is 5.73. The van der Waals surface area contributed by atoms with E-state index in [1.54, 1.807) is 6.20 Å². The van der Waals surface area contributed by atoms with Crippen molar-refractivity contribution in [1.29, 1.82) is 0 Å². The van der Waals surface area contributed by atoms with E-state index in [4.69, 9.17) is 0 Å². The van der Waals surface area contributed by atoms with Crippen LogP contribution in [0.2, 0.25) is 0 Å². The quantitative estimate of drug-likeness (QED) is 0.683. The maximum absolute atomic E-state index is 13.1. The summed E-state index contributed by atoms with van der Waals surface area (Å²) in [7, 11) is 0. The van der Waals surface area contributed by atoms with Gasteiger partial charge in [0, 0.05) is 32.7 Å². The third-order valence-electron chi connectivity index (χ3n) is 5.73. The number of hydrogen-bond donors (Lipinski definition) is 0. The first kappa shape index (κ1) is 19.4. The first-order valence-corrected chi connectivity index (χ1v) is 10.2. The Hall–Kier alpha value is -2.92. The molecule has 1 fully saturated rings. The SMILES string of the molecule is Cc1cccc(CN2CCN(C(=O)c3cnn(-c4ccccc4C)c3C)CC2)c1. The fourth-order valence-corrected chi connectivity index (χ4v) is 4.01. The van der Waals surface area contributed by atoms with Crippen molar-refractivity contribution in [2.75, 3.05) is 26.2 Å². The molecule has 0 spiro atoms. The number of benzene rings is 2. The van der Waals surface area contributed by atoms with Gasteiger partial charge in [-0.15, -0.1) is 0 Å². The number of aromatic nitrogens is 2. The largest absolute Gasteiger partial charge is 0.336 e. The molecule has 29 heavy (non-hydrogen) atoms. The molecular formula is C24H28N4O. The lowest BCUT2D eigenvalue weighted by Crippen LogP contribution is -2.48. The van der Waals surface area contributed by atoms with E-state index in [1.807, 2.05) is 34.7 Å². The summed E-state index contributed by atoms with van der Waals surface area (Å²) in [5.41, 5.74) is 6.37. The average molecular weight is 389 g/mol. The Morgan fingerprint density at radius 2 is 1.72 bits per heavy atom. The zero-order valence-electron chi connectivity index (χ0n) is 17.4. The molecule has 0 N–H and O–H groups in total. The number of nitrogens with zero attached hydrogens (tertiary/aromatic N) is 4. The summed E-state index contributed by atoms with van der Waals surface area (Å²) in [6.07, 6.45) is 1.71. The zero-order valence-corrected chi connectivity index (χ0v) is 17.4. The van der Waals surface area contributed by atoms with Gasteiger partial charge in [0.1, 0.15) is 0 Å². The molecule has 150 valence electrons. The van der Waals surface area contributed by atoms with Crippen LogP contribution in [0.3, 0.4) is 0 Å². The molecule has 1 amide bonds. The summed E-state index contributed by atoms with van der Waals surface area (Å²) < 4.78 is 1.87. The number of hydrogen-bond acceptors (Lipinski definition) is 3. The summed E-state index contributed by atoms with van der Waals surface area (Å²) in [5.74, 6) is 0.0811. The van der Waals surface area contributed by atoms with Crippen molar-refractivity contribution in [1.82, 2.24) is 19.6 Å². The topological polar surface area (TPSA) is 41.4 Å². The van der Waals surface area contributed by atoms with Crippen LogP contribution in [0.15, 0.2) is 54.7 Å². The molecule has 1 saturated heterocycles. The van der Waals surface area contributed by atoms with Gasteiger partial charge < -0.3 is 4.90 Å². The van der Waals surface area contributed by atoms with Crippen LogP contribution in [0.5, 0.6) is 0 Å². The lowest BCUT2D eigenvalue weighted by atomic mass is 10.1. The van der Waals surface area contributed by atoms with E-state index in [9.17, 15) is 4.79 Å². The highest BCUT2D eigenvalue weighted by Gasteiger charge is 2.25. The fraction of sp³-hybridized carbons (Fsp3) is 0.333. The predicted octanol–water partition coefficient (Wildman–Crippen LogP) is 3.76. The summed E-state index contributed by atoms with van der Waals surface area (Å²) in [4.78, 5) is 17.5. The summed E-state index contributed by atoms with van der Waals surface area (Å²) in [6, 6.07) is 16.8. The normalized spacial score (nSPS) is 14.9. The van der Waals surface area contributed by atoms with E-state index in [1.165, 1.54) is 11.1 Å². The molecule has 5 heteroatoms. The molecule has 1 aromatic heterocycles. The Kier molecular flexibility index (Phi) is 5.49. The lowest BCUT2D eigenvalue weighted by molar-refractivity contribution is 0.0627. The second-order valence-electron chi connectivity index (χ2n) is 7.90. The number of carbonyl (C=O) groups is 1. The fourth-order valence-electron chi connectivity index (χ4n) is 4.01. The van der Waals surface area contributed by atoms with Gasteiger partial charge >= 0.3 is 0 Å². The molecule has 5 nitrogen and oxygen atoms in total. The van der Waals surface area contributed by atoms with Crippen molar-refractivity contribution in [3.8, 4) is 5.69 Å². The molecule has 0 atom stereocenters. The second-order valence-corrected chi connectivity index (χ2v) is 7.90. The van der Waals surface area contributed by atoms with Crippen LogP contribution in [0.25, 0.3) is 5.69 Å². The Balaban J connectivity index is 1.42. The first-order valence-electron chi connectivity index (χ1n) is 10.2. The Labute approximate surface area is 172 Å². The van der Waals surface area contributed by atoms with E-state index >= 15 is 0 Å². The molecule has 2 aromatic carbocycles.